The van der Waals surface area contributed by atoms with Gasteiger partial charge in [0.05, 0.1) is 11.1 Å². The second-order valence-corrected chi connectivity index (χ2v) is 8.44. The Labute approximate surface area is 186 Å². The Morgan fingerprint density at radius 2 is 1.62 bits per heavy atom. The molecule has 0 saturated carbocycles. The van der Waals surface area contributed by atoms with Gasteiger partial charge < -0.3 is 9.67 Å². The van der Waals surface area contributed by atoms with Gasteiger partial charge >= 0.3 is 5.97 Å². The molecule has 7 heteroatoms. The molecule has 6 nitrogen and oxygen atoms in total. The highest BCUT2D eigenvalue weighted by Crippen LogP contribution is 2.46. The molecule has 32 heavy (non-hydrogen) atoms. The van der Waals surface area contributed by atoms with Crippen LogP contribution in [-0.2, 0) is 7.05 Å². The summed E-state index contributed by atoms with van der Waals surface area (Å²) in [7, 11) is 1.64. The Morgan fingerprint density at radius 3 is 2.34 bits per heavy atom. The Bertz CT molecular complexity index is 1550. The Morgan fingerprint density at radius 1 is 0.938 bits per heavy atom. The lowest BCUT2D eigenvalue weighted by atomic mass is 9.83. The fourth-order valence-electron chi connectivity index (χ4n) is 4.20. The number of carboxylic acid groups (broad SMARTS) is 1. The Hall–Kier alpha value is -3.97. The maximum atomic E-state index is 13.7. The lowest BCUT2D eigenvalue weighted by molar-refractivity contribution is 0.0693. The van der Waals surface area contributed by atoms with E-state index in [0.29, 0.717) is 42.9 Å². The van der Waals surface area contributed by atoms with E-state index in [4.69, 9.17) is 0 Å². The molecule has 1 aromatic heterocycles. The molecule has 1 aliphatic rings. The predicted octanol–water partition coefficient (Wildman–Crippen LogP) is 4.93. The van der Waals surface area contributed by atoms with E-state index in [9.17, 15) is 19.5 Å². The molecular formula is C25H16N2O4S. The van der Waals surface area contributed by atoms with Crippen LogP contribution in [0.5, 0.6) is 0 Å². The van der Waals surface area contributed by atoms with Crippen LogP contribution < -0.4 is 5.56 Å². The van der Waals surface area contributed by atoms with Crippen LogP contribution in [0.4, 0.5) is 5.69 Å². The number of hydrogen-bond acceptors (Lipinski definition) is 5. The predicted molar refractivity (Wildman–Crippen MR) is 125 cm³/mol. The first kappa shape index (κ1) is 20.0. The third-order valence-electron chi connectivity index (χ3n) is 5.66. The molecule has 0 saturated heterocycles. The number of benzene rings is 3. The SMILES string of the molecule is C=Nc1c2c3c(c(Sc4ccccc4C(=O)O)ccc3n(C)c1=O)C(=O)c1ccccc1-2. The summed E-state index contributed by atoms with van der Waals surface area (Å²) >= 11 is 1.22. The van der Waals surface area contributed by atoms with Crippen LogP contribution in [0, 0.1) is 0 Å². The van der Waals surface area contributed by atoms with Gasteiger partial charge in [-0.05, 0) is 36.5 Å². The second kappa shape index (κ2) is 7.32. The van der Waals surface area contributed by atoms with Gasteiger partial charge in [-0.15, -0.1) is 0 Å². The third kappa shape index (κ3) is 2.75. The van der Waals surface area contributed by atoms with Crippen LogP contribution in [0.1, 0.15) is 26.3 Å². The monoisotopic (exact) mass is 440 g/mol. The normalized spacial score (nSPS) is 12.0. The largest absolute Gasteiger partial charge is 0.478 e. The molecule has 1 N–H and O–H groups in total. The molecule has 0 unspecified atom stereocenters. The summed E-state index contributed by atoms with van der Waals surface area (Å²) in [6, 6.07) is 17.3. The number of hydrogen-bond donors (Lipinski definition) is 1. The molecule has 0 radical (unpaired) electrons. The van der Waals surface area contributed by atoms with Crippen molar-refractivity contribution in [2.24, 2.45) is 12.0 Å². The highest BCUT2D eigenvalue weighted by Gasteiger charge is 2.32. The molecule has 5 rings (SSSR count). The fourth-order valence-corrected chi connectivity index (χ4v) is 5.28. The number of carbonyl (C=O) groups excluding carboxylic acids is 1. The quantitative estimate of drug-likeness (QED) is 0.400. The third-order valence-corrected chi connectivity index (χ3v) is 6.80. The van der Waals surface area contributed by atoms with Gasteiger partial charge in [0, 0.05) is 38.9 Å². The van der Waals surface area contributed by atoms with E-state index in [1.807, 2.05) is 6.07 Å². The molecule has 0 aliphatic heterocycles. The lowest BCUT2D eigenvalue weighted by Crippen LogP contribution is -2.21. The summed E-state index contributed by atoms with van der Waals surface area (Å²) < 4.78 is 1.47. The van der Waals surface area contributed by atoms with Gasteiger partial charge in [-0.2, -0.15) is 0 Å². The van der Waals surface area contributed by atoms with E-state index in [1.54, 1.807) is 55.6 Å². The summed E-state index contributed by atoms with van der Waals surface area (Å²) in [6.07, 6.45) is 0. The van der Waals surface area contributed by atoms with Crippen molar-refractivity contribution in [2.75, 3.05) is 0 Å². The highest BCUT2D eigenvalue weighted by molar-refractivity contribution is 7.99. The van der Waals surface area contributed by atoms with Gasteiger partial charge in [0.15, 0.2) is 5.78 Å². The number of aliphatic imine (C=N–C) groups is 1. The van der Waals surface area contributed by atoms with Crippen LogP contribution in [0.3, 0.4) is 0 Å². The summed E-state index contributed by atoms with van der Waals surface area (Å²) in [5.41, 5.74) is 2.78. The van der Waals surface area contributed by atoms with Crippen LogP contribution in [0.15, 0.2) is 80.2 Å². The van der Waals surface area contributed by atoms with Crippen LogP contribution in [0.2, 0.25) is 0 Å². The number of aryl methyl sites for hydroxylation is 1. The van der Waals surface area contributed by atoms with E-state index in [1.165, 1.54) is 22.4 Å². The minimum absolute atomic E-state index is 0.155. The van der Waals surface area contributed by atoms with Crippen LogP contribution >= 0.6 is 11.8 Å². The molecule has 3 aromatic carbocycles. The first-order valence-electron chi connectivity index (χ1n) is 9.74. The van der Waals surface area contributed by atoms with Crippen molar-refractivity contribution in [2.45, 2.75) is 9.79 Å². The summed E-state index contributed by atoms with van der Waals surface area (Å²) in [5, 5.41) is 10.2. The van der Waals surface area contributed by atoms with Crippen molar-refractivity contribution in [1.29, 1.82) is 0 Å². The smallest absolute Gasteiger partial charge is 0.336 e. The van der Waals surface area contributed by atoms with Crippen molar-refractivity contribution in [1.82, 2.24) is 4.57 Å². The fraction of sp³-hybridized carbons (Fsp3) is 0.0400. The van der Waals surface area contributed by atoms with Gasteiger partial charge in [-0.3, -0.25) is 14.6 Å². The molecule has 4 aromatic rings. The van der Waals surface area contributed by atoms with Gasteiger partial charge in [-0.1, -0.05) is 48.2 Å². The molecular weight excluding hydrogens is 424 g/mol. The minimum Gasteiger partial charge on any atom is -0.478 e. The average molecular weight is 440 g/mol. The molecule has 0 amide bonds. The summed E-state index contributed by atoms with van der Waals surface area (Å²) in [5.74, 6) is -1.22. The number of carboxylic acids is 1. The van der Waals surface area contributed by atoms with Gasteiger partial charge in [0.2, 0.25) is 0 Å². The molecule has 0 atom stereocenters. The maximum Gasteiger partial charge on any atom is 0.336 e. The molecule has 156 valence electrons. The maximum absolute atomic E-state index is 13.7. The van der Waals surface area contributed by atoms with Crippen molar-refractivity contribution < 1.29 is 14.7 Å². The standard InChI is InChI=1S/C25H16N2O4S/c1-26-22-19-13-7-3-4-8-14(13)23(28)21-18(12-11-16(20(19)21)27(2)24(22)29)32-17-10-6-5-9-15(17)25(30)31/h3-12H,1H2,2H3,(H,30,31). The van der Waals surface area contributed by atoms with Crippen molar-refractivity contribution >= 4 is 46.8 Å². The molecule has 1 heterocycles. The van der Waals surface area contributed by atoms with E-state index in [2.05, 4.69) is 11.7 Å². The molecule has 0 bridgehead atoms. The van der Waals surface area contributed by atoms with E-state index in [-0.39, 0.29) is 22.6 Å². The van der Waals surface area contributed by atoms with Crippen molar-refractivity contribution in [3.05, 3.63) is 87.7 Å². The first-order valence-corrected chi connectivity index (χ1v) is 10.6. The van der Waals surface area contributed by atoms with Gasteiger partial charge in [0.25, 0.3) is 5.56 Å². The van der Waals surface area contributed by atoms with Crippen LogP contribution in [-0.4, -0.2) is 28.1 Å². The van der Waals surface area contributed by atoms with Crippen molar-refractivity contribution in [3.63, 3.8) is 0 Å². The second-order valence-electron chi connectivity index (χ2n) is 7.36. The minimum atomic E-state index is -1.04. The topological polar surface area (TPSA) is 88.7 Å². The van der Waals surface area contributed by atoms with E-state index >= 15 is 0 Å². The van der Waals surface area contributed by atoms with Gasteiger partial charge in [0.1, 0.15) is 5.69 Å². The van der Waals surface area contributed by atoms with E-state index < -0.39 is 5.97 Å². The number of aromatic nitrogens is 1. The number of aromatic carboxylic acids is 1. The highest BCUT2D eigenvalue weighted by atomic mass is 32.2. The zero-order valence-corrected chi connectivity index (χ0v) is 17.8. The molecule has 0 spiro atoms. The Balaban J connectivity index is 1.90. The van der Waals surface area contributed by atoms with E-state index in [0.717, 1.165) is 0 Å². The van der Waals surface area contributed by atoms with Gasteiger partial charge in [-0.25, -0.2) is 4.79 Å². The number of rotatable bonds is 4. The number of carbonyl (C=O) groups is 2. The first-order chi connectivity index (χ1) is 15.4. The zero-order valence-electron chi connectivity index (χ0n) is 17.0. The average Bonchev–Trinajstić information content (AvgIpc) is 2.80. The van der Waals surface area contributed by atoms with Crippen LogP contribution in [0.25, 0.3) is 22.0 Å². The molecule has 1 aliphatic carbocycles. The number of nitrogens with zero attached hydrogens (tertiary/aromatic N) is 2. The zero-order chi connectivity index (χ0) is 22.6. The lowest BCUT2D eigenvalue weighted by Gasteiger charge is -2.24. The Kier molecular flexibility index (Phi) is 4.56. The summed E-state index contributed by atoms with van der Waals surface area (Å²) in [4.78, 5) is 43.5. The number of ketones is 1. The molecule has 0 fully saturated rings. The van der Waals surface area contributed by atoms with Crippen molar-refractivity contribution in [3.8, 4) is 11.1 Å². The number of pyridine rings is 1. The summed E-state index contributed by atoms with van der Waals surface area (Å²) in [6.45, 7) is 3.60. The number of fused-ring (bicyclic) bond motifs is 2.